The second-order valence-corrected chi connectivity index (χ2v) is 3.70. The molecule has 0 aliphatic heterocycles. The standard InChI is InChI=1S/C13H16N2O/c1-3-9-5-4-6-10-7-11(8-14)13(16-2)15-12(9)10/h4-7H,3,8,14H2,1-2H3. The normalized spacial score (nSPS) is 10.7. The maximum absolute atomic E-state index is 5.67. The van der Waals surface area contributed by atoms with Gasteiger partial charge in [0.2, 0.25) is 5.88 Å². The van der Waals surface area contributed by atoms with Crippen molar-refractivity contribution in [2.24, 2.45) is 5.73 Å². The third-order valence-corrected chi connectivity index (χ3v) is 2.76. The fourth-order valence-corrected chi connectivity index (χ4v) is 1.90. The fourth-order valence-electron chi connectivity index (χ4n) is 1.90. The first-order valence-electron chi connectivity index (χ1n) is 5.45. The van der Waals surface area contributed by atoms with Crippen LogP contribution < -0.4 is 10.5 Å². The predicted octanol–water partition coefficient (Wildman–Crippen LogP) is 2.26. The Morgan fingerprint density at radius 2 is 2.12 bits per heavy atom. The molecule has 16 heavy (non-hydrogen) atoms. The molecule has 0 aliphatic rings. The van der Waals surface area contributed by atoms with Gasteiger partial charge < -0.3 is 10.5 Å². The monoisotopic (exact) mass is 216 g/mol. The van der Waals surface area contributed by atoms with Gasteiger partial charge in [-0.05, 0) is 18.1 Å². The van der Waals surface area contributed by atoms with E-state index in [9.17, 15) is 0 Å². The van der Waals surface area contributed by atoms with Crippen LogP contribution in [0.15, 0.2) is 24.3 Å². The van der Waals surface area contributed by atoms with E-state index in [0.29, 0.717) is 12.4 Å². The van der Waals surface area contributed by atoms with Crippen molar-refractivity contribution in [3.8, 4) is 5.88 Å². The summed E-state index contributed by atoms with van der Waals surface area (Å²) in [5, 5.41) is 1.13. The summed E-state index contributed by atoms with van der Waals surface area (Å²) in [4.78, 5) is 4.53. The zero-order valence-electron chi connectivity index (χ0n) is 9.66. The zero-order chi connectivity index (χ0) is 11.5. The van der Waals surface area contributed by atoms with Gasteiger partial charge in [0.25, 0.3) is 0 Å². The Morgan fingerprint density at radius 1 is 1.31 bits per heavy atom. The molecule has 0 saturated carbocycles. The molecule has 0 saturated heterocycles. The molecular formula is C13H16N2O. The number of pyridine rings is 1. The quantitative estimate of drug-likeness (QED) is 0.856. The number of para-hydroxylation sites is 1. The second-order valence-electron chi connectivity index (χ2n) is 3.70. The van der Waals surface area contributed by atoms with Gasteiger partial charge in [0.05, 0.1) is 12.6 Å². The Hall–Kier alpha value is -1.61. The van der Waals surface area contributed by atoms with Crippen LogP contribution in [0.4, 0.5) is 0 Å². The molecule has 3 nitrogen and oxygen atoms in total. The molecule has 2 rings (SSSR count). The molecule has 0 amide bonds. The molecule has 0 spiro atoms. The van der Waals surface area contributed by atoms with Crippen molar-refractivity contribution in [1.82, 2.24) is 4.98 Å². The lowest BCUT2D eigenvalue weighted by atomic mass is 10.1. The number of nitrogens with zero attached hydrogens (tertiary/aromatic N) is 1. The van der Waals surface area contributed by atoms with E-state index in [0.717, 1.165) is 22.9 Å². The molecule has 0 radical (unpaired) electrons. The van der Waals surface area contributed by atoms with Gasteiger partial charge >= 0.3 is 0 Å². The Kier molecular flexibility index (Phi) is 3.06. The van der Waals surface area contributed by atoms with Gasteiger partial charge in [-0.1, -0.05) is 25.1 Å². The molecule has 1 aromatic carbocycles. The molecule has 0 atom stereocenters. The minimum absolute atomic E-state index is 0.447. The van der Waals surface area contributed by atoms with Crippen LogP contribution in [0, 0.1) is 0 Å². The minimum atomic E-state index is 0.447. The van der Waals surface area contributed by atoms with Crippen LogP contribution in [-0.2, 0) is 13.0 Å². The van der Waals surface area contributed by atoms with Crippen molar-refractivity contribution in [3.63, 3.8) is 0 Å². The van der Waals surface area contributed by atoms with Gasteiger partial charge in [0.15, 0.2) is 0 Å². The minimum Gasteiger partial charge on any atom is -0.481 e. The fraction of sp³-hybridized carbons (Fsp3) is 0.308. The van der Waals surface area contributed by atoms with E-state index in [-0.39, 0.29) is 0 Å². The first-order chi connectivity index (χ1) is 7.80. The van der Waals surface area contributed by atoms with E-state index in [2.05, 4.69) is 36.2 Å². The van der Waals surface area contributed by atoms with E-state index in [1.807, 2.05) is 0 Å². The highest BCUT2D eigenvalue weighted by atomic mass is 16.5. The summed E-state index contributed by atoms with van der Waals surface area (Å²) in [6.07, 6.45) is 0.968. The Morgan fingerprint density at radius 3 is 2.75 bits per heavy atom. The third-order valence-electron chi connectivity index (χ3n) is 2.76. The van der Waals surface area contributed by atoms with Crippen molar-refractivity contribution >= 4 is 10.9 Å². The lowest BCUT2D eigenvalue weighted by Crippen LogP contribution is -2.02. The van der Waals surface area contributed by atoms with E-state index in [1.54, 1.807) is 7.11 Å². The number of benzene rings is 1. The number of aromatic nitrogens is 1. The number of nitrogens with two attached hydrogens (primary N) is 1. The van der Waals surface area contributed by atoms with Gasteiger partial charge in [-0.3, -0.25) is 0 Å². The summed E-state index contributed by atoms with van der Waals surface area (Å²) in [5.74, 6) is 0.635. The first kappa shape index (κ1) is 10.9. The zero-order valence-corrected chi connectivity index (χ0v) is 9.66. The SMILES string of the molecule is CCc1cccc2cc(CN)c(OC)nc12. The van der Waals surface area contributed by atoms with Crippen molar-refractivity contribution in [2.75, 3.05) is 7.11 Å². The van der Waals surface area contributed by atoms with Gasteiger partial charge in [0, 0.05) is 17.5 Å². The van der Waals surface area contributed by atoms with Crippen molar-refractivity contribution in [3.05, 3.63) is 35.4 Å². The Bertz CT molecular complexity index is 509. The predicted molar refractivity (Wildman–Crippen MR) is 65.6 cm³/mol. The summed E-state index contributed by atoms with van der Waals surface area (Å²) in [7, 11) is 1.63. The van der Waals surface area contributed by atoms with Gasteiger partial charge in [-0.15, -0.1) is 0 Å². The molecule has 3 heteroatoms. The van der Waals surface area contributed by atoms with Crippen LogP contribution in [0.25, 0.3) is 10.9 Å². The Balaban J connectivity index is 2.72. The number of rotatable bonds is 3. The molecule has 0 aliphatic carbocycles. The number of hydrogen-bond donors (Lipinski definition) is 1. The average Bonchev–Trinajstić information content (AvgIpc) is 2.36. The van der Waals surface area contributed by atoms with Gasteiger partial charge in [0.1, 0.15) is 0 Å². The molecular weight excluding hydrogens is 200 g/mol. The largest absolute Gasteiger partial charge is 0.481 e. The van der Waals surface area contributed by atoms with Gasteiger partial charge in [-0.25, -0.2) is 4.98 Å². The van der Waals surface area contributed by atoms with E-state index in [4.69, 9.17) is 10.5 Å². The molecule has 1 heterocycles. The van der Waals surface area contributed by atoms with E-state index in [1.165, 1.54) is 5.56 Å². The van der Waals surface area contributed by atoms with Crippen molar-refractivity contribution in [1.29, 1.82) is 0 Å². The number of fused-ring (bicyclic) bond motifs is 1. The highest BCUT2D eigenvalue weighted by Gasteiger charge is 2.07. The molecule has 84 valence electrons. The summed E-state index contributed by atoms with van der Waals surface area (Å²) < 4.78 is 5.25. The molecule has 0 unspecified atom stereocenters. The van der Waals surface area contributed by atoms with E-state index < -0.39 is 0 Å². The Labute approximate surface area is 95.2 Å². The second kappa shape index (κ2) is 4.49. The average molecular weight is 216 g/mol. The highest BCUT2D eigenvalue weighted by Crippen LogP contribution is 2.24. The molecule has 0 bridgehead atoms. The lowest BCUT2D eigenvalue weighted by molar-refractivity contribution is 0.394. The molecule has 2 aromatic rings. The summed E-state index contributed by atoms with van der Waals surface area (Å²) in [6.45, 7) is 2.57. The summed E-state index contributed by atoms with van der Waals surface area (Å²) >= 11 is 0. The summed E-state index contributed by atoms with van der Waals surface area (Å²) in [5.41, 5.74) is 8.86. The summed E-state index contributed by atoms with van der Waals surface area (Å²) in [6, 6.07) is 8.26. The van der Waals surface area contributed by atoms with Crippen LogP contribution in [0.3, 0.4) is 0 Å². The van der Waals surface area contributed by atoms with Crippen molar-refractivity contribution < 1.29 is 4.74 Å². The molecule has 2 N–H and O–H groups in total. The van der Waals surface area contributed by atoms with Crippen LogP contribution in [0.5, 0.6) is 5.88 Å². The van der Waals surface area contributed by atoms with Gasteiger partial charge in [-0.2, -0.15) is 0 Å². The number of aryl methyl sites for hydroxylation is 1. The smallest absolute Gasteiger partial charge is 0.218 e. The third kappa shape index (κ3) is 1.74. The van der Waals surface area contributed by atoms with E-state index >= 15 is 0 Å². The van der Waals surface area contributed by atoms with Crippen LogP contribution in [0.1, 0.15) is 18.1 Å². The van der Waals surface area contributed by atoms with Crippen molar-refractivity contribution in [2.45, 2.75) is 19.9 Å². The molecule has 0 fully saturated rings. The van der Waals surface area contributed by atoms with Crippen LogP contribution in [-0.4, -0.2) is 12.1 Å². The number of ether oxygens (including phenoxy) is 1. The maximum atomic E-state index is 5.67. The first-order valence-corrected chi connectivity index (χ1v) is 5.45. The highest BCUT2D eigenvalue weighted by molar-refractivity contribution is 5.83. The lowest BCUT2D eigenvalue weighted by Gasteiger charge is -2.09. The number of hydrogen-bond acceptors (Lipinski definition) is 3. The topological polar surface area (TPSA) is 48.1 Å². The van der Waals surface area contributed by atoms with Crippen LogP contribution in [0.2, 0.25) is 0 Å². The maximum Gasteiger partial charge on any atom is 0.218 e. The van der Waals surface area contributed by atoms with Crippen LogP contribution >= 0.6 is 0 Å². The molecule has 1 aromatic heterocycles. The number of methoxy groups -OCH3 is 1.